The first-order valence-corrected chi connectivity index (χ1v) is 6.22. The number of nitrogens with one attached hydrogen (secondary N) is 1. The van der Waals surface area contributed by atoms with Crippen LogP contribution in [0.3, 0.4) is 0 Å². The standard InChI is InChI=1S/C12H20N2O6/c1-4-19-9(16)6-8(12(18)20-5-2)10(11(13)17)14-7(3)15/h8,10H,4-6H2,1-3H3,(H2,13,17)(H,14,15)/t8-,10-/m1/s1. The first kappa shape index (κ1) is 17.9. The number of esters is 2. The highest BCUT2D eigenvalue weighted by Gasteiger charge is 2.36. The predicted octanol–water partition coefficient (Wildman–Crippen LogP) is -0.891. The average molecular weight is 288 g/mol. The maximum atomic E-state index is 11.8. The van der Waals surface area contributed by atoms with E-state index in [1.165, 1.54) is 6.92 Å². The third kappa shape index (κ3) is 6.17. The summed E-state index contributed by atoms with van der Waals surface area (Å²) >= 11 is 0. The van der Waals surface area contributed by atoms with E-state index in [0.29, 0.717) is 0 Å². The van der Waals surface area contributed by atoms with Crippen LogP contribution >= 0.6 is 0 Å². The van der Waals surface area contributed by atoms with Crippen LogP contribution in [-0.4, -0.2) is 43.0 Å². The Morgan fingerprint density at radius 2 is 1.65 bits per heavy atom. The molecule has 8 heteroatoms. The van der Waals surface area contributed by atoms with Gasteiger partial charge in [0.25, 0.3) is 0 Å². The molecule has 8 nitrogen and oxygen atoms in total. The van der Waals surface area contributed by atoms with Crippen molar-refractivity contribution >= 4 is 23.8 Å². The molecule has 0 aliphatic carbocycles. The number of nitrogens with two attached hydrogens (primary N) is 1. The quantitative estimate of drug-likeness (QED) is 0.558. The minimum Gasteiger partial charge on any atom is -0.466 e. The zero-order valence-electron chi connectivity index (χ0n) is 11.8. The molecule has 114 valence electrons. The second kappa shape index (κ2) is 8.89. The summed E-state index contributed by atoms with van der Waals surface area (Å²) in [4.78, 5) is 45.7. The van der Waals surface area contributed by atoms with Crippen molar-refractivity contribution in [2.45, 2.75) is 33.2 Å². The largest absolute Gasteiger partial charge is 0.466 e. The molecule has 0 aromatic carbocycles. The molecule has 0 rings (SSSR count). The van der Waals surface area contributed by atoms with Gasteiger partial charge in [0.15, 0.2) is 0 Å². The van der Waals surface area contributed by atoms with Crippen LogP contribution in [0, 0.1) is 5.92 Å². The van der Waals surface area contributed by atoms with Crippen molar-refractivity contribution in [3.63, 3.8) is 0 Å². The van der Waals surface area contributed by atoms with Gasteiger partial charge >= 0.3 is 11.9 Å². The van der Waals surface area contributed by atoms with E-state index >= 15 is 0 Å². The highest BCUT2D eigenvalue weighted by molar-refractivity contribution is 5.92. The number of carbonyl (C=O) groups excluding carboxylic acids is 4. The van der Waals surface area contributed by atoms with Gasteiger partial charge in [-0.2, -0.15) is 0 Å². The maximum Gasteiger partial charge on any atom is 0.312 e. The van der Waals surface area contributed by atoms with Gasteiger partial charge in [-0.25, -0.2) is 0 Å². The molecule has 0 aliphatic rings. The van der Waals surface area contributed by atoms with Gasteiger partial charge in [-0.05, 0) is 13.8 Å². The Kier molecular flexibility index (Phi) is 7.95. The summed E-state index contributed by atoms with van der Waals surface area (Å²) in [7, 11) is 0. The second-order valence-corrected chi connectivity index (χ2v) is 3.95. The Bertz CT molecular complexity index is 382. The van der Waals surface area contributed by atoms with E-state index in [4.69, 9.17) is 15.2 Å². The minimum absolute atomic E-state index is 0.0731. The maximum absolute atomic E-state index is 11.8. The van der Waals surface area contributed by atoms with Crippen molar-refractivity contribution in [3.8, 4) is 0 Å². The molecule has 0 aliphatic heterocycles. The average Bonchev–Trinajstić information content (AvgIpc) is 2.33. The molecular formula is C12H20N2O6. The van der Waals surface area contributed by atoms with Crippen LogP contribution < -0.4 is 11.1 Å². The van der Waals surface area contributed by atoms with E-state index in [1.54, 1.807) is 13.8 Å². The highest BCUT2D eigenvalue weighted by Crippen LogP contribution is 2.13. The fourth-order valence-corrected chi connectivity index (χ4v) is 1.58. The molecule has 0 saturated carbocycles. The molecule has 0 aromatic rings. The van der Waals surface area contributed by atoms with Crippen LogP contribution in [0.5, 0.6) is 0 Å². The molecule has 0 fully saturated rings. The van der Waals surface area contributed by atoms with E-state index in [0.717, 1.165) is 0 Å². The van der Waals surface area contributed by atoms with Crippen LogP contribution in [0.1, 0.15) is 27.2 Å². The SMILES string of the molecule is CCOC(=O)C[C@@H](C(=O)OCC)[C@@H](NC(C)=O)C(N)=O. The number of ether oxygens (including phenoxy) is 2. The number of amides is 2. The molecule has 0 bridgehead atoms. The molecule has 3 N–H and O–H groups in total. The lowest BCUT2D eigenvalue weighted by atomic mass is 9.95. The first-order valence-electron chi connectivity index (χ1n) is 6.22. The van der Waals surface area contributed by atoms with Gasteiger partial charge in [0.2, 0.25) is 11.8 Å². The van der Waals surface area contributed by atoms with E-state index in [9.17, 15) is 19.2 Å². The predicted molar refractivity (Wildman–Crippen MR) is 68.2 cm³/mol. The van der Waals surface area contributed by atoms with Crippen molar-refractivity contribution in [1.29, 1.82) is 0 Å². The molecular weight excluding hydrogens is 268 g/mol. The molecule has 20 heavy (non-hydrogen) atoms. The molecule has 2 atom stereocenters. The van der Waals surface area contributed by atoms with Crippen molar-refractivity contribution in [2.24, 2.45) is 11.7 Å². The Morgan fingerprint density at radius 1 is 1.10 bits per heavy atom. The Balaban J connectivity index is 5.13. The van der Waals surface area contributed by atoms with Gasteiger partial charge in [0.05, 0.1) is 25.6 Å². The normalized spacial score (nSPS) is 12.9. The molecule has 0 unspecified atom stereocenters. The summed E-state index contributed by atoms with van der Waals surface area (Å²) in [6, 6.07) is -1.32. The fraction of sp³-hybridized carbons (Fsp3) is 0.667. The molecule has 0 aromatic heterocycles. The number of hydrogen-bond donors (Lipinski definition) is 2. The van der Waals surface area contributed by atoms with Crippen molar-refractivity contribution in [3.05, 3.63) is 0 Å². The lowest BCUT2D eigenvalue weighted by molar-refractivity contribution is -0.157. The third-order valence-corrected chi connectivity index (χ3v) is 2.35. The molecule has 2 amide bonds. The third-order valence-electron chi connectivity index (χ3n) is 2.35. The van der Waals surface area contributed by atoms with Crippen molar-refractivity contribution < 1.29 is 28.7 Å². The number of rotatable bonds is 8. The summed E-state index contributed by atoms with van der Waals surface area (Å²) in [6.45, 7) is 4.57. The summed E-state index contributed by atoms with van der Waals surface area (Å²) in [5.41, 5.74) is 5.16. The fourth-order valence-electron chi connectivity index (χ4n) is 1.58. The van der Waals surface area contributed by atoms with Crippen LogP contribution in [0.4, 0.5) is 0 Å². The van der Waals surface area contributed by atoms with E-state index in [2.05, 4.69) is 5.32 Å². The lowest BCUT2D eigenvalue weighted by Gasteiger charge is -2.22. The minimum atomic E-state index is -1.32. The smallest absolute Gasteiger partial charge is 0.312 e. The monoisotopic (exact) mass is 288 g/mol. The zero-order valence-corrected chi connectivity index (χ0v) is 11.8. The van der Waals surface area contributed by atoms with Crippen LogP contribution in [0.2, 0.25) is 0 Å². The van der Waals surface area contributed by atoms with E-state index in [-0.39, 0.29) is 13.2 Å². The van der Waals surface area contributed by atoms with Gasteiger partial charge in [0, 0.05) is 6.92 Å². The van der Waals surface area contributed by atoms with E-state index in [1.807, 2.05) is 0 Å². The van der Waals surface area contributed by atoms with Crippen molar-refractivity contribution in [2.75, 3.05) is 13.2 Å². The number of primary amides is 1. The van der Waals surface area contributed by atoms with Gasteiger partial charge in [0.1, 0.15) is 6.04 Å². The summed E-state index contributed by atoms with van der Waals surface area (Å²) < 4.78 is 9.51. The van der Waals surface area contributed by atoms with Crippen molar-refractivity contribution in [1.82, 2.24) is 5.32 Å². The van der Waals surface area contributed by atoms with Gasteiger partial charge in [-0.1, -0.05) is 0 Å². The molecule has 0 radical (unpaired) electrons. The zero-order chi connectivity index (χ0) is 15.7. The lowest BCUT2D eigenvalue weighted by Crippen LogP contribution is -2.51. The van der Waals surface area contributed by atoms with Crippen LogP contribution in [0.15, 0.2) is 0 Å². The Hall–Kier alpha value is -2.12. The molecule has 0 saturated heterocycles. The van der Waals surface area contributed by atoms with Crippen LogP contribution in [-0.2, 0) is 28.7 Å². The highest BCUT2D eigenvalue weighted by atomic mass is 16.5. The summed E-state index contributed by atoms with van der Waals surface area (Å²) in [6.07, 6.45) is -0.402. The van der Waals surface area contributed by atoms with Gasteiger partial charge in [-0.15, -0.1) is 0 Å². The summed E-state index contributed by atoms with van der Waals surface area (Å²) in [5, 5.41) is 2.24. The van der Waals surface area contributed by atoms with Crippen LogP contribution in [0.25, 0.3) is 0 Å². The second-order valence-electron chi connectivity index (χ2n) is 3.95. The van der Waals surface area contributed by atoms with Gasteiger partial charge < -0.3 is 20.5 Å². The number of carbonyl (C=O) groups is 4. The number of hydrogen-bond acceptors (Lipinski definition) is 6. The topological polar surface area (TPSA) is 125 Å². The first-order chi connectivity index (χ1) is 9.33. The molecule has 0 spiro atoms. The van der Waals surface area contributed by atoms with Gasteiger partial charge in [-0.3, -0.25) is 19.2 Å². The Labute approximate surface area is 117 Å². The van der Waals surface area contributed by atoms with E-state index < -0.39 is 42.1 Å². The molecule has 0 heterocycles. The Morgan fingerprint density at radius 3 is 2.05 bits per heavy atom. The summed E-state index contributed by atoms with van der Waals surface area (Å²) in [5.74, 6) is -4.16.